The van der Waals surface area contributed by atoms with E-state index >= 15 is 0 Å². The maximum Gasteiger partial charge on any atom is 0.167 e. The van der Waals surface area contributed by atoms with Gasteiger partial charge >= 0.3 is 0 Å². The first-order valence-corrected chi connectivity index (χ1v) is 15.7. The summed E-state index contributed by atoms with van der Waals surface area (Å²) in [6, 6.07) is 56.2. The Kier molecular flexibility index (Phi) is 6.43. The van der Waals surface area contributed by atoms with Crippen LogP contribution < -0.4 is 0 Å². The zero-order valence-electron chi connectivity index (χ0n) is 25.3. The smallest absolute Gasteiger partial charge is 0.167 e. The first-order valence-electron chi connectivity index (χ1n) is 15.7. The van der Waals surface area contributed by atoms with Gasteiger partial charge in [-0.05, 0) is 39.8 Å². The zero-order chi connectivity index (χ0) is 31.2. The van der Waals surface area contributed by atoms with Crippen LogP contribution in [0.2, 0.25) is 0 Å². The normalized spacial score (nSPS) is 11.4. The standard InChI is InChI=1S/C43H27N3O/c1-4-15-28(16-5-1)31-21-10-13-24-35(31)42-44-41(30-19-8-3-9-20-30)45-43(46-42)36-26-14-25-34-38-27-37(29-17-6-2-7-18-29)32-22-11-12-23-33(32)40(38)47-39(34)36/h1-27H. The van der Waals surface area contributed by atoms with Crippen LogP contribution in [0.15, 0.2) is 168 Å². The molecular weight excluding hydrogens is 574 g/mol. The van der Waals surface area contributed by atoms with Crippen LogP contribution in [-0.4, -0.2) is 15.0 Å². The Labute approximate surface area is 271 Å². The van der Waals surface area contributed by atoms with Gasteiger partial charge in [0.15, 0.2) is 17.5 Å². The van der Waals surface area contributed by atoms with Gasteiger partial charge in [0.2, 0.25) is 0 Å². The van der Waals surface area contributed by atoms with Crippen LogP contribution in [0.25, 0.3) is 89.1 Å². The molecule has 4 nitrogen and oxygen atoms in total. The van der Waals surface area contributed by atoms with Crippen LogP contribution in [0, 0.1) is 0 Å². The minimum atomic E-state index is 0.564. The fourth-order valence-corrected chi connectivity index (χ4v) is 6.53. The van der Waals surface area contributed by atoms with E-state index in [1.54, 1.807) is 0 Å². The van der Waals surface area contributed by atoms with Gasteiger partial charge in [-0.25, -0.2) is 15.0 Å². The van der Waals surface area contributed by atoms with Crippen molar-refractivity contribution in [3.63, 3.8) is 0 Å². The predicted molar refractivity (Wildman–Crippen MR) is 192 cm³/mol. The van der Waals surface area contributed by atoms with Crippen molar-refractivity contribution in [3.05, 3.63) is 164 Å². The Bertz CT molecular complexity index is 2560. The van der Waals surface area contributed by atoms with Gasteiger partial charge in [0.05, 0.1) is 5.56 Å². The molecule has 0 bridgehead atoms. The third-order valence-corrected chi connectivity index (χ3v) is 8.75. The number of benzene rings is 7. The molecule has 0 saturated heterocycles. The molecule has 0 radical (unpaired) electrons. The lowest BCUT2D eigenvalue weighted by Gasteiger charge is -2.12. The Hall–Kier alpha value is -6.39. The summed E-state index contributed by atoms with van der Waals surface area (Å²) in [4.78, 5) is 15.3. The zero-order valence-corrected chi connectivity index (χ0v) is 25.3. The summed E-state index contributed by atoms with van der Waals surface area (Å²) in [7, 11) is 0. The fourth-order valence-electron chi connectivity index (χ4n) is 6.53. The molecule has 4 heteroatoms. The monoisotopic (exact) mass is 601 g/mol. The Morgan fingerprint density at radius 1 is 0.298 bits per heavy atom. The summed E-state index contributed by atoms with van der Waals surface area (Å²) < 4.78 is 6.83. The van der Waals surface area contributed by atoms with Crippen molar-refractivity contribution in [2.24, 2.45) is 0 Å². The molecule has 9 aromatic rings. The molecular formula is C43H27N3O. The van der Waals surface area contributed by atoms with Crippen LogP contribution in [0.3, 0.4) is 0 Å². The largest absolute Gasteiger partial charge is 0.455 e. The van der Waals surface area contributed by atoms with Crippen molar-refractivity contribution in [2.45, 2.75) is 0 Å². The Morgan fingerprint density at radius 3 is 1.47 bits per heavy atom. The minimum Gasteiger partial charge on any atom is -0.455 e. The lowest BCUT2D eigenvalue weighted by atomic mass is 9.95. The maximum absolute atomic E-state index is 6.83. The van der Waals surface area contributed by atoms with Crippen LogP contribution in [0.4, 0.5) is 0 Å². The summed E-state index contributed by atoms with van der Waals surface area (Å²) in [6.45, 7) is 0. The van der Waals surface area contributed by atoms with E-state index in [1.165, 1.54) is 11.1 Å². The van der Waals surface area contributed by atoms with E-state index in [1.807, 2.05) is 48.5 Å². The molecule has 0 amide bonds. The minimum absolute atomic E-state index is 0.564. The van der Waals surface area contributed by atoms with Gasteiger partial charge in [-0.2, -0.15) is 0 Å². The molecule has 0 spiro atoms. The van der Waals surface area contributed by atoms with E-state index in [0.29, 0.717) is 17.5 Å². The highest BCUT2D eigenvalue weighted by molar-refractivity contribution is 6.20. The molecule has 0 N–H and O–H groups in total. The van der Waals surface area contributed by atoms with Crippen LogP contribution in [0.1, 0.15) is 0 Å². The van der Waals surface area contributed by atoms with E-state index in [2.05, 4.69) is 115 Å². The van der Waals surface area contributed by atoms with Crippen molar-refractivity contribution < 1.29 is 4.42 Å². The molecule has 220 valence electrons. The molecule has 47 heavy (non-hydrogen) atoms. The quantitative estimate of drug-likeness (QED) is 0.197. The van der Waals surface area contributed by atoms with Crippen LogP contribution in [0.5, 0.6) is 0 Å². The molecule has 0 atom stereocenters. The first kappa shape index (κ1) is 27.0. The van der Waals surface area contributed by atoms with E-state index in [-0.39, 0.29) is 0 Å². The number of fused-ring (bicyclic) bond motifs is 5. The van der Waals surface area contributed by atoms with Gasteiger partial charge < -0.3 is 4.42 Å². The number of furan rings is 1. The van der Waals surface area contributed by atoms with E-state index in [9.17, 15) is 0 Å². The van der Waals surface area contributed by atoms with Crippen molar-refractivity contribution in [3.8, 4) is 56.4 Å². The Morgan fingerprint density at radius 2 is 0.766 bits per heavy atom. The molecule has 0 saturated carbocycles. The van der Waals surface area contributed by atoms with Gasteiger partial charge in [0, 0.05) is 27.3 Å². The highest BCUT2D eigenvalue weighted by atomic mass is 16.3. The van der Waals surface area contributed by atoms with E-state index in [4.69, 9.17) is 19.4 Å². The number of rotatable bonds is 5. The highest BCUT2D eigenvalue weighted by Crippen LogP contribution is 2.42. The average molecular weight is 602 g/mol. The molecule has 9 rings (SSSR count). The summed E-state index contributed by atoms with van der Waals surface area (Å²) in [5.74, 6) is 1.78. The summed E-state index contributed by atoms with van der Waals surface area (Å²) in [6.07, 6.45) is 0. The Balaban J connectivity index is 1.31. The number of hydrogen-bond acceptors (Lipinski definition) is 4. The lowest BCUT2D eigenvalue weighted by Crippen LogP contribution is -2.01. The second-order valence-electron chi connectivity index (χ2n) is 11.6. The van der Waals surface area contributed by atoms with Gasteiger partial charge in [-0.1, -0.05) is 152 Å². The molecule has 0 aliphatic heterocycles. The SMILES string of the molecule is c1ccc(-c2nc(-c3ccccc3-c3ccccc3)nc(-c3cccc4c3oc3c5ccccc5c(-c5ccccc5)cc43)n2)cc1. The lowest BCUT2D eigenvalue weighted by molar-refractivity contribution is 0.673. The molecule has 2 aromatic heterocycles. The van der Waals surface area contributed by atoms with Crippen molar-refractivity contribution in [1.82, 2.24) is 15.0 Å². The van der Waals surface area contributed by atoms with Crippen LogP contribution in [-0.2, 0) is 0 Å². The topological polar surface area (TPSA) is 51.8 Å². The highest BCUT2D eigenvalue weighted by Gasteiger charge is 2.21. The number of para-hydroxylation sites is 1. The van der Waals surface area contributed by atoms with Gasteiger partial charge in [-0.15, -0.1) is 0 Å². The number of hydrogen-bond donors (Lipinski definition) is 0. The second-order valence-corrected chi connectivity index (χ2v) is 11.6. The molecule has 0 unspecified atom stereocenters. The molecule has 0 aliphatic carbocycles. The van der Waals surface area contributed by atoms with Gasteiger partial charge in [-0.3, -0.25) is 0 Å². The summed E-state index contributed by atoms with van der Waals surface area (Å²) in [5, 5.41) is 4.31. The third kappa shape index (κ3) is 4.66. The summed E-state index contributed by atoms with van der Waals surface area (Å²) in [5.41, 5.74) is 8.80. The van der Waals surface area contributed by atoms with Crippen molar-refractivity contribution >= 4 is 32.7 Å². The third-order valence-electron chi connectivity index (χ3n) is 8.75. The van der Waals surface area contributed by atoms with Crippen molar-refractivity contribution in [1.29, 1.82) is 0 Å². The van der Waals surface area contributed by atoms with Crippen LogP contribution >= 0.6 is 0 Å². The first-order chi connectivity index (χ1) is 23.3. The van der Waals surface area contributed by atoms with Gasteiger partial charge in [0.25, 0.3) is 0 Å². The second kappa shape index (κ2) is 11.2. The fraction of sp³-hybridized carbons (Fsp3) is 0. The van der Waals surface area contributed by atoms with E-state index < -0.39 is 0 Å². The summed E-state index contributed by atoms with van der Waals surface area (Å²) >= 11 is 0. The molecule has 0 fully saturated rings. The number of aromatic nitrogens is 3. The van der Waals surface area contributed by atoms with E-state index in [0.717, 1.165) is 60.5 Å². The molecule has 7 aromatic carbocycles. The molecule has 0 aliphatic rings. The van der Waals surface area contributed by atoms with Gasteiger partial charge in [0.1, 0.15) is 11.2 Å². The maximum atomic E-state index is 6.83. The average Bonchev–Trinajstić information content (AvgIpc) is 3.54. The predicted octanol–water partition coefficient (Wildman–Crippen LogP) is 11.3. The molecule has 2 heterocycles. The number of nitrogens with zero attached hydrogens (tertiary/aromatic N) is 3. The van der Waals surface area contributed by atoms with Crippen molar-refractivity contribution in [2.75, 3.05) is 0 Å².